The zero-order chi connectivity index (χ0) is 11.7. The number of pyridine rings is 1. The summed E-state index contributed by atoms with van der Waals surface area (Å²) < 4.78 is 0. The molecule has 0 amide bonds. The number of carboxylic acid groups (broad SMARTS) is 2. The first-order chi connectivity index (χ1) is 6.86. The van der Waals surface area contributed by atoms with E-state index in [1.54, 1.807) is 6.92 Å². The van der Waals surface area contributed by atoms with Gasteiger partial charge < -0.3 is 10.2 Å². The zero-order valence-corrected chi connectivity index (χ0v) is 8.79. The fraction of sp³-hybridized carbons (Fsp3) is 0.222. The first kappa shape index (κ1) is 11.5. The molecule has 0 fully saturated rings. The highest BCUT2D eigenvalue weighted by Crippen LogP contribution is 2.23. The molecular weight excluding hydrogens is 222 g/mol. The molecule has 0 saturated heterocycles. The summed E-state index contributed by atoms with van der Waals surface area (Å²) in [6.45, 7) is 3.06. The van der Waals surface area contributed by atoms with Gasteiger partial charge >= 0.3 is 11.9 Å². The standard InChI is InChI=1S/C9H8ClNO4/c1-3-4(2)11-7(10)6(9(14)15)5(3)8(12)13/h1-2H3,(H,12,13)(H,14,15). The Kier molecular flexibility index (Phi) is 2.95. The van der Waals surface area contributed by atoms with Crippen molar-refractivity contribution in [2.45, 2.75) is 13.8 Å². The van der Waals surface area contributed by atoms with Gasteiger partial charge in [0.05, 0.1) is 5.56 Å². The van der Waals surface area contributed by atoms with Gasteiger partial charge in [-0.25, -0.2) is 14.6 Å². The van der Waals surface area contributed by atoms with Crippen molar-refractivity contribution in [1.29, 1.82) is 0 Å². The Balaban J connectivity index is 3.69. The van der Waals surface area contributed by atoms with Crippen molar-refractivity contribution < 1.29 is 19.8 Å². The second-order valence-electron chi connectivity index (χ2n) is 2.97. The van der Waals surface area contributed by atoms with Crippen LogP contribution in [0.5, 0.6) is 0 Å². The van der Waals surface area contributed by atoms with Gasteiger partial charge in [0.25, 0.3) is 0 Å². The number of nitrogens with zero attached hydrogens (tertiary/aromatic N) is 1. The maximum atomic E-state index is 10.9. The Morgan fingerprint density at radius 1 is 1.13 bits per heavy atom. The lowest BCUT2D eigenvalue weighted by Crippen LogP contribution is -2.13. The molecule has 0 bridgehead atoms. The van der Waals surface area contributed by atoms with E-state index in [1.807, 2.05) is 0 Å². The van der Waals surface area contributed by atoms with E-state index in [-0.39, 0.29) is 10.7 Å². The van der Waals surface area contributed by atoms with Crippen molar-refractivity contribution >= 4 is 23.5 Å². The van der Waals surface area contributed by atoms with Crippen LogP contribution in [0.3, 0.4) is 0 Å². The molecule has 1 aromatic heterocycles. The minimum absolute atomic E-state index is 0.303. The smallest absolute Gasteiger partial charge is 0.339 e. The Morgan fingerprint density at radius 2 is 1.60 bits per heavy atom. The molecule has 1 aromatic rings. The van der Waals surface area contributed by atoms with Gasteiger partial charge in [0.1, 0.15) is 10.7 Å². The maximum absolute atomic E-state index is 10.9. The molecule has 0 aliphatic rings. The van der Waals surface area contributed by atoms with E-state index in [1.165, 1.54) is 6.92 Å². The summed E-state index contributed by atoms with van der Waals surface area (Å²) in [5, 5.41) is 17.4. The van der Waals surface area contributed by atoms with Gasteiger partial charge in [-0.3, -0.25) is 0 Å². The number of rotatable bonds is 2. The van der Waals surface area contributed by atoms with E-state index < -0.39 is 17.5 Å². The fourth-order valence-electron chi connectivity index (χ4n) is 1.22. The van der Waals surface area contributed by atoms with Crippen LogP contribution in [0.2, 0.25) is 5.15 Å². The van der Waals surface area contributed by atoms with Crippen molar-refractivity contribution in [3.8, 4) is 0 Å². The van der Waals surface area contributed by atoms with Gasteiger partial charge in [0, 0.05) is 5.69 Å². The number of hydrogen-bond donors (Lipinski definition) is 2. The monoisotopic (exact) mass is 229 g/mol. The first-order valence-electron chi connectivity index (χ1n) is 3.99. The lowest BCUT2D eigenvalue weighted by molar-refractivity contribution is 0.0650. The van der Waals surface area contributed by atoms with Crippen LogP contribution in [0.25, 0.3) is 0 Å². The highest BCUT2D eigenvalue weighted by molar-refractivity contribution is 6.33. The van der Waals surface area contributed by atoms with Crippen molar-refractivity contribution in [3.63, 3.8) is 0 Å². The van der Waals surface area contributed by atoms with Crippen LogP contribution in [0.4, 0.5) is 0 Å². The third-order valence-corrected chi connectivity index (χ3v) is 2.34. The second-order valence-corrected chi connectivity index (χ2v) is 3.33. The number of carboxylic acids is 2. The molecule has 1 rings (SSSR count). The van der Waals surface area contributed by atoms with E-state index in [9.17, 15) is 9.59 Å². The summed E-state index contributed by atoms with van der Waals surface area (Å²) in [7, 11) is 0. The minimum atomic E-state index is -1.40. The van der Waals surface area contributed by atoms with Crippen LogP contribution in [-0.2, 0) is 0 Å². The predicted molar refractivity (Wildman–Crippen MR) is 52.6 cm³/mol. The third kappa shape index (κ3) is 1.92. The van der Waals surface area contributed by atoms with Crippen LogP contribution >= 0.6 is 11.6 Å². The van der Waals surface area contributed by atoms with Crippen molar-refractivity contribution in [2.24, 2.45) is 0 Å². The summed E-state index contributed by atoms with van der Waals surface area (Å²) in [6.07, 6.45) is 0. The quantitative estimate of drug-likeness (QED) is 0.755. The highest BCUT2D eigenvalue weighted by Gasteiger charge is 2.24. The van der Waals surface area contributed by atoms with Crippen LogP contribution in [0.1, 0.15) is 32.0 Å². The largest absolute Gasteiger partial charge is 0.478 e. The summed E-state index contributed by atoms with van der Waals surface area (Å²) in [6, 6.07) is 0. The lowest BCUT2D eigenvalue weighted by atomic mass is 10.0. The molecule has 0 spiro atoms. The Hall–Kier alpha value is -1.62. The van der Waals surface area contributed by atoms with Crippen molar-refractivity contribution in [1.82, 2.24) is 4.98 Å². The molecule has 5 nitrogen and oxygen atoms in total. The summed E-state index contributed by atoms with van der Waals surface area (Å²) in [4.78, 5) is 25.5. The Labute approximate surface area is 90.3 Å². The molecule has 80 valence electrons. The molecule has 0 unspecified atom stereocenters. The molecule has 0 atom stereocenters. The van der Waals surface area contributed by atoms with Gasteiger partial charge in [0.15, 0.2) is 0 Å². The number of hydrogen-bond acceptors (Lipinski definition) is 3. The Morgan fingerprint density at radius 3 is 2.00 bits per heavy atom. The number of aromatic nitrogens is 1. The second kappa shape index (κ2) is 3.86. The molecule has 2 N–H and O–H groups in total. The number of halogens is 1. The summed E-state index contributed by atoms with van der Waals surface area (Å²) >= 11 is 5.59. The highest BCUT2D eigenvalue weighted by atomic mass is 35.5. The average Bonchev–Trinajstić information content (AvgIpc) is 2.09. The zero-order valence-electron chi connectivity index (χ0n) is 8.04. The van der Waals surface area contributed by atoms with Gasteiger partial charge in [-0.2, -0.15) is 0 Å². The van der Waals surface area contributed by atoms with Crippen molar-refractivity contribution in [2.75, 3.05) is 0 Å². The molecular formula is C9H8ClNO4. The molecule has 15 heavy (non-hydrogen) atoms. The van der Waals surface area contributed by atoms with Crippen LogP contribution < -0.4 is 0 Å². The summed E-state index contributed by atoms with van der Waals surface area (Å²) in [5.41, 5.74) is -0.0565. The van der Waals surface area contributed by atoms with Crippen LogP contribution in [0, 0.1) is 13.8 Å². The maximum Gasteiger partial charge on any atom is 0.339 e. The molecule has 0 saturated carbocycles. The van der Waals surface area contributed by atoms with E-state index in [4.69, 9.17) is 21.8 Å². The van der Waals surface area contributed by atoms with Gasteiger partial charge in [-0.15, -0.1) is 0 Å². The van der Waals surface area contributed by atoms with Crippen LogP contribution in [-0.4, -0.2) is 27.1 Å². The van der Waals surface area contributed by atoms with E-state index in [0.29, 0.717) is 11.3 Å². The SMILES string of the molecule is Cc1nc(Cl)c(C(=O)O)c(C(=O)O)c1C. The molecule has 6 heteroatoms. The molecule has 0 aromatic carbocycles. The topological polar surface area (TPSA) is 87.5 Å². The van der Waals surface area contributed by atoms with Gasteiger partial charge in [-0.1, -0.05) is 11.6 Å². The van der Waals surface area contributed by atoms with Crippen LogP contribution in [0.15, 0.2) is 0 Å². The first-order valence-corrected chi connectivity index (χ1v) is 4.37. The Bertz CT molecular complexity index is 456. The molecule has 0 aliphatic heterocycles. The number of carbonyl (C=O) groups is 2. The average molecular weight is 230 g/mol. The molecule has 0 radical (unpaired) electrons. The van der Waals surface area contributed by atoms with E-state index in [0.717, 1.165) is 0 Å². The third-order valence-electron chi connectivity index (χ3n) is 2.07. The number of aromatic carboxylic acids is 2. The van der Waals surface area contributed by atoms with E-state index >= 15 is 0 Å². The van der Waals surface area contributed by atoms with Gasteiger partial charge in [0.2, 0.25) is 0 Å². The predicted octanol–water partition coefficient (Wildman–Crippen LogP) is 1.75. The van der Waals surface area contributed by atoms with Gasteiger partial charge in [-0.05, 0) is 19.4 Å². The molecule has 0 aliphatic carbocycles. The summed E-state index contributed by atoms with van der Waals surface area (Å²) in [5.74, 6) is -2.72. The van der Waals surface area contributed by atoms with Crippen molar-refractivity contribution in [3.05, 3.63) is 27.5 Å². The normalized spacial score (nSPS) is 10.1. The van der Waals surface area contributed by atoms with E-state index in [2.05, 4.69) is 4.98 Å². The fourth-order valence-corrected chi connectivity index (χ4v) is 1.52. The number of aryl methyl sites for hydroxylation is 1. The minimum Gasteiger partial charge on any atom is -0.478 e. The molecule has 1 heterocycles. The lowest BCUT2D eigenvalue weighted by Gasteiger charge is -2.09.